The summed E-state index contributed by atoms with van der Waals surface area (Å²) in [6, 6.07) is 54.3. The van der Waals surface area contributed by atoms with Gasteiger partial charge in [-0.1, -0.05) is 71.8 Å². The fraction of sp³-hybridized carbons (Fsp3) is 0.241. The molecule has 62 heavy (non-hydrogen) atoms. The third-order valence-corrected chi connectivity index (χ3v) is 11.9. The second-order valence-corrected chi connectivity index (χ2v) is 16.4. The molecule has 0 N–H and O–H groups in total. The molecular formula is C58H68N4+4. The van der Waals surface area contributed by atoms with E-state index in [2.05, 4.69) is 222 Å². The molecule has 0 aliphatic carbocycles. The number of benzene rings is 4. The Labute approximate surface area is 377 Å². The highest BCUT2D eigenvalue weighted by atomic mass is 15.0. The third kappa shape index (κ3) is 11.4. The largest absolute Gasteiger partial charge is 0.212 e. The Morgan fingerprint density at radius 1 is 0.290 bits per heavy atom. The number of hydrogen-bond acceptors (Lipinski definition) is 0. The van der Waals surface area contributed by atoms with E-state index in [1.807, 2.05) is 32.2 Å². The Morgan fingerprint density at radius 3 is 0.887 bits per heavy atom. The smallest absolute Gasteiger partial charge is 0.199 e. The van der Waals surface area contributed by atoms with Crippen molar-refractivity contribution in [1.82, 2.24) is 0 Å². The molecule has 4 heteroatoms. The topological polar surface area (TPSA) is 15.5 Å². The van der Waals surface area contributed by atoms with E-state index in [1.165, 1.54) is 73.1 Å². The molecule has 316 valence electrons. The van der Waals surface area contributed by atoms with Crippen molar-refractivity contribution >= 4 is 0 Å². The number of pyridine rings is 4. The van der Waals surface area contributed by atoms with Crippen LogP contribution in [0.4, 0.5) is 0 Å². The summed E-state index contributed by atoms with van der Waals surface area (Å²) in [4.78, 5) is 0. The zero-order valence-electron chi connectivity index (χ0n) is 42.3. The van der Waals surface area contributed by atoms with E-state index in [0.29, 0.717) is 5.56 Å². The molecule has 4 aromatic carbocycles. The molecule has 0 saturated carbocycles. The average Bonchev–Trinajstić information content (AvgIpc) is 3.26. The van der Waals surface area contributed by atoms with Gasteiger partial charge in [-0.2, -0.15) is 18.3 Å². The van der Waals surface area contributed by atoms with Crippen LogP contribution >= 0.6 is 0 Å². The highest BCUT2D eigenvalue weighted by molar-refractivity contribution is 5.63. The van der Waals surface area contributed by atoms with Gasteiger partial charge < -0.3 is 0 Å². The van der Waals surface area contributed by atoms with E-state index in [4.69, 9.17) is 4.11 Å². The first-order chi connectivity index (χ1) is 30.8. The Morgan fingerprint density at radius 2 is 0.581 bits per heavy atom. The van der Waals surface area contributed by atoms with Crippen molar-refractivity contribution in [3.63, 3.8) is 0 Å². The first-order valence-electron chi connectivity index (χ1n) is 22.9. The second kappa shape index (κ2) is 21.3. The molecule has 0 atom stereocenters. The van der Waals surface area contributed by atoms with E-state index >= 15 is 0 Å². The molecular weight excluding hydrogens is 753 g/mol. The number of aryl methyl sites for hydroxylation is 10. The van der Waals surface area contributed by atoms with E-state index in [-0.39, 0.29) is 0 Å². The number of aromatic nitrogens is 4. The van der Waals surface area contributed by atoms with Crippen LogP contribution in [0.5, 0.6) is 0 Å². The van der Waals surface area contributed by atoms with Gasteiger partial charge in [0.05, 0.1) is 0 Å². The van der Waals surface area contributed by atoms with Crippen molar-refractivity contribution in [3.05, 3.63) is 214 Å². The van der Waals surface area contributed by atoms with Crippen molar-refractivity contribution in [2.75, 3.05) is 0 Å². The maximum atomic E-state index is 7.45. The normalized spacial score (nSPS) is 11.3. The van der Waals surface area contributed by atoms with Gasteiger partial charge in [-0.25, -0.2) is 0 Å². The van der Waals surface area contributed by atoms with Gasteiger partial charge in [-0.05, 0) is 112 Å². The molecule has 0 aliphatic rings. The van der Waals surface area contributed by atoms with Crippen LogP contribution in [0.1, 0.15) is 60.3 Å². The fourth-order valence-electron chi connectivity index (χ4n) is 7.62. The molecule has 4 heterocycles. The minimum Gasteiger partial charge on any atom is -0.199 e. The van der Waals surface area contributed by atoms with Gasteiger partial charge in [0.15, 0.2) is 22.8 Å². The zero-order chi connectivity index (χ0) is 47.6. The lowest BCUT2D eigenvalue weighted by Crippen LogP contribution is -2.34. The monoisotopic (exact) mass is 824 g/mol. The summed E-state index contributed by atoms with van der Waals surface area (Å²) in [6.45, 7) is 16.9. The predicted molar refractivity (Wildman–Crippen MR) is 260 cm³/mol. The van der Waals surface area contributed by atoms with E-state index in [0.717, 1.165) is 22.5 Å². The summed E-state index contributed by atoms with van der Waals surface area (Å²) in [5.74, 6) is 0. The van der Waals surface area contributed by atoms with Crippen LogP contribution in [0.3, 0.4) is 0 Å². The van der Waals surface area contributed by atoms with Crippen LogP contribution < -0.4 is 18.3 Å². The van der Waals surface area contributed by atoms with Crippen molar-refractivity contribution < 1.29 is 22.4 Å². The fourth-order valence-corrected chi connectivity index (χ4v) is 7.62. The van der Waals surface area contributed by atoms with E-state index in [9.17, 15) is 0 Å². The summed E-state index contributed by atoms with van der Waals surface area (Å²) in [5, 5.41) is 0. The summed E-state index contributed by atoms with van der Waals surface area (Å²) in [5.41, 5.74) is 21.6. The standard InChI is InChI=1S/2C15H18N.2C14H16N/c2*1-11-8-9-14(12(2)10-11)15-7-5-6-13(3)16(15)4;2*1-11-7-4-5-9-13(11)14-10-6-8-12(2)15(14)3/h2*5-10H,1-4H3;2*4-10H,1-3H3/q4*+1/i1D3;;;. The second-order valence-electron chi connectivity index (χ2n) is 16.4. The van der Waals surface area contributed by atoms with Gasteiger partial charge >= 0.3 is 0 Å². The molecule has 0 aliphatic heterocycles. The Bertz CT molecular complexity index is 2820. The van der Waals surface area contributed by atoms with Crippen molar-refractivity contribution in [3.8, 4) is 45.0 Å². The van der Waals surface area contributed by atoms with E-state index in [1.54, 1.807) is 12.1 Å². The Hall–Kier alpha value is -6.52. The number of rotatable bonds is 4. The molecule has 0 amide bonds. The lowest BCUT2D eigenvalue weighted by Gasteiger charge is -2.06. The molecule has 0 bridgehead atoms. The molecule has 0 spiro atoms. The van der Waals surface area contributed by atoms with Crippen LogP contribution in [0.25, 0.3) is 45.0 Å². The molecule has 0 unspecified atom stereocenters. The predicted octanol–water partition coefficient (Wildman–Crippen LogP) is 11.8. The highest BCUT2D eigenvalue weighted by Crippen LogP contribution is 2.24. The average molecular weight is 824 g/mol. The molecule has 8 rings (SSSR count). The highest BCUT2D eigenvalue weighted by Gasteiger charge is 2.16. The van der Waals surface area contributed by atoms with Crippen LogP contribution in [0.2, 0.25) is 0 Å². The van der Waals surface area contributed by atoms with Crippen LogP contribution in [0.15, 0.2) is 158 Å². The van der Waals surface area contributed by atoms with Crippen LogP contribution in [-0.4, -0.2) is 0 Å². The van der Waals surface area contributed by atoms with Gasteiger partial charge in [0.1, 0.15) is 28.2 Å². The maximum Gasteiger partial charge on any atom is 0.212 e. The summed E-state index contributed by atoms with van der Waals surface area (Å²) in [7, 11) is 8.35. The number of hydrogen-bond donors (Lipinski definition) is 0. The zero-order valence-corrected chi connectivity index (χ0v) is 39.3. The van der Waals surface area contributed by atoms with Gasteiger partial charge in [-0.3, -0.25) is 0 Å². The molecule has 0 fully saturated rings. The first kappa shape index (κ1) is 42.2. The third-order valence-electron chi connectivity index (χ3n) is 11.9. The van der Waals surface area contributed by atoms with Gasteiger partial charge in [0.25, 0.3) is 0 Å². The Balaban J connectivity index is 0.000000163. The van der Waals surface area contributed by atoms with Crippen molar-refractivity contribution in [1.29, 1.82) is 0 Å². The van der Waals surface area contributed by atoms with Gasteiger partial charge in [0.2, 0.25) is 22.8 Å². The van der Waals surface area contributed by atoms with Crippen LogP contribution in [0, 0.1) is 69.2 Å². The van der Waals surface area contributed by atoms with Gasteiger partial charge in [-0.15, -0.1) is 0 Å². The van der Waals surface area contributed by atoms with E-state index < -0.39 is 6.85 Å². The molecule has 0 saturated heterocycles. The summed E-state index contributed by atoms with van der Waals surface area (Å²) >= 11 is 0. The SMILES string of the molecule is Cc1ccc(-c2cccc(C)[n+]2C)c(C)c1.Cc1ccccc1-c1cccc(C)[n+]1C.Cc1ccccc1-c1cccc(C)[n+]1C.[2H]C([2H])([2H])c1ccc(-c2cccc(C)[n+]2C)c(C)c1. The van der Waals surface area contributed by atoms with Crippen molar-refractivity contribution in [2.24, 2.45) is 28.2 Å². The Kier molecular flexibility index (Phi) is 14.5. The van der Waals surface area contributed by atoms with Gasteiger partial charge in [0, 0.05) is 103 Å². The minimum absolute atomic E-state index is 0.393. The molecule has 4 nitrogen and oxygen atoms in total. The quantitative estimate of drug-likeness (QED) is 0.157. The molecule has 8 aromatic rings. The summed E-state index contributed by atoms with van der Waals surface area (Å²) < 4.78 is 31.1. The first-order valence-corrected chi connectivity index (χ1v) is 21.4. The molecule has 4 aromatic heterocycles. The lowest BCUT2D eigenvalue weighted by atomic mass is 10.0. The van der Waals surface area contributed by atoms with Crippen LogP contribution in [-0.2, 0) is 28.2 Å². The number of nitrogens with zero attached hydrogens (tertiary/aromatic N) is 4. The summed E-state index contributed by atoms with van der Waals surface area (Å²) in [6.07, 6.45) is 0. The maximum absolute atomic E-state index is 7.45. The van der Waals surface area contributed by atoms with Crippen molar-refractivity contribution in [2.45, 2.75) is 69.2 Å². The minimum atomic E-state index is -2.04. The lowest BCUT2D eigenvalue weighted by molar-refractivity contribution is -0.666. The molecule has 0 radical (unpaired) electrons.